The first-order valence-electron chi connectivity index (χ1n) is 9.18. The molecule has 3 aromatic rings. The number of carbonyl (C=O) groups excluding carboxylic acids is 1. The monoisotopic (exact) mass is 376 g/mol. The molecule has 0 aliphatic carbocycles. The van der Waals surface area contributed by atoms with Crippen LogP contribution in [0.5, 0.6) is 5.75 Å². The van der Waals surface area contributed by atoms with Crippen molar-refractivity contribution in [3.05, 3.63) is 60.9 Å². The number of aliphatic carboxylic acids is 1. The topological polar surface area (TPSA) is 88.5 Å². The van der Waals surface area contributed by atoms with Gasteiger partial charge in [0.05, 0.1) is 18.4 Å². The molecule has 2 atom stereocenters. The zero-order chi connectivity index (χ0) is 19.5. The molecule has 28 heavy (non-hydrogen) atoms. The van der Waals surface area contributed by atoms with Crippen LogP contribution < -0.4 is 10.1 Å². The number of hydrogen-bond acceptors (Lipinski definition) is 4. The van der Waals surface area contributed by atoms with Gasteiger partial charge in [0.1, 0.15) is 12.4 Å². The maximum atomic E-state index is 11.8. The summed E-state index contributed by atoms with van der Waals surface area (Å²) in [6.07, 6.45) is 3.97. The largest absolute Gasteiger partial charge is 0.491 e. The molecule has 6 heteroatoms. The number of ether oxygens (including phenoxy) is 1. The molecule has 6 nitrogen and oxygen atoms in total. The average Bonchev–Trinajstić information content (AvgIpc) is 3.05. The highest BCUT2D eigenvalue weighted by atomic mass is 16.5. The predicted octanol–water partition coefficient (Wildman–Crippen LogP) is 3.26. The minimum Gasteiger partial charge on any atom is -0.491 e. The number of benzene rings is 2. The van der Waals surface area contributed by atoms with Gasteiger partial charge in [0.15, 0.2) is 0 Å². The predicted molar refractivity (Wildman–Crippen MR) is 105 cm³/mol. The third kappa shape index (κ3) is 3.96. The standard InChI is InChI=1S/C22H20N2O4/c25-21(26)11-18-10-19(24-22(18)27)13-28-20-5-3-14(4-6-20)15-1-2-17-12-23-8-7-16(17)9-15/h1-9,12,18-19H,10-11,13H2,(H,24,27)(H,25,26)/t18-,19-/m0/s1. The minimum atomic E-state index is -0.956. The van der Waals surface area contributed by atoms with Gasteiger partial charge in [-0.15, -0.1) is 0 Å². The highest BCUT2D eigenvalue weighted by Gasteiger charge is 2.33. The van der Waals surface area contributed by atoms with Crippen LogP contribution in [-0.4, -0.2) is 34.6 Å². The number of amides is 1. The molecule has 2 N–H and O–H groups in total. The van der Waals surface area contributed by atoms with Crippen molar-refractivity contribution in [3.8, 4) is 16.9 Å². The van der Waals surface area contributed by atoms with E-state index < -0.39 is 11.9 Å². The second kappa shape index (κ2) is 7.68. The number of carboxylic acid groups (broad SMARTS) is 1. The molecule has 1 aliphatic rings. The first-order valence-corrected chi connectivity index (χ1v) is 9.18. The number of nitrogens with one attached hydrogen (secondary N) is 1. The Morgan fingerprint density at radius 2 is 1.89 bits per heavy atom. The number of fused-ring (bicyclic) bond motifs is 1. The van der Waals surface area contributed by atoms with E-state index in [-0.39, 0.29) is 18.4 Å². The Kier molecular flexibility index (Phi) is 4.93. The third-order valence-corrected chi connectivity index (χ3v) is 4.99. The maximum Gasteiger partial charge on any atom is 0.304 e. The molecule has 0 saturated carbocycles. The van der Waals surface area contributed by atoms with Gasteiger partial charge in [0.2, 0.25) is 5.91 Å². The highest BCUT2D eigenvalue weighted by Crippen LogP contribution is 2.26. The summed E-state index contributed by atoms with van der Waals surface area (Å²) in [7, 11) is 0. The van der Waals surface area contributed by atoms with Gasteiger partial charge >= 0.3 is 5.97 Å². The molecular weight excluding hydrogens is 356 g/mol. The Hall–Kier alpha value is -3.41. The fourth-order valence-corrected chi connectivity index (χ4v) is 3.53. The first-order chi connectivity index (χ1) is 13.6. The van der Waals surface area contributed by atoms with Crippen molar-refractivity contribution in [2.24, 2.45) is 5.92 Å². The van der Waals surface area contributed by atoms with Crippen molar-refractivity contribution in [2.75, 3.05) is 6.61 Å². The Morgan fingerprint density at radius 3 is 2.68 bits per heavy atom. The van der Waals surface area contributed by atoms with E-state index in [9.17, 15) is 9.59 Å². The van der Waals surface area contributed by atoms with Crippen molar-refractivity contribution in [3.63, 3.8) is 0 Å². The quantitative estimate of drug-likeness (QED) is 0.689. The van der Waals surface area contributed by atoms with Gasteiger partial charge in [-0.3, -0.25) is 14.6 Å². The molecule has 1 aliphatic heterocycles. The second-order valence-electron chi connectivity index (χ2n) is 7.01. The van der Waals surface area contributed by atoms with Crippen LogP contribution in [0.3, 0.4) is 0 Å². The molecule has 2 aromatic carbocycles. The summed E-state index contributed by atoms with van der Waals surface area (Å²) in [5.74, 6) is -0.929. The zero-order valence-electron chi connectivity index (χ0n) is 15.2. The summed E-state index contributed by atoms with van der Waals surface area (Å²) in [6.45, 7) is 0.324. The molecule has 2 heterocycles. The van der Waals surface area contributed by atoms with Crippen molar-refractivity contribution in [1.82, 2.24) is 10.3 Å². The number of nitrogens with zero attached hydrogens (tertiary/aromatic N) is 1. The van der Waals surface area contributed by atoms with E-state index in [1.807, 2.05) is 36.5 Å². The zero-order valence-corrected chi connectivity index (χ0v) is 15.2. The van der Waals surface area contributed by atoms with Crippen LogP contribution in [-0.2, 0) is 9.59 Å². The van der Waals surface area contributed by atoms with Gasteiger partial charge in [-0.25, -0.2) is 0 Å². The van der Waals surface area contributed by atoms with Gasteiger partial charge in [-0.2, -0.15) is 0 Å². The number of pyridine rings is 1. The summed E-state index contributed by atoms with van der Waals surface area (Å²) in [4.78, 5) is 26.7. The van der Waals surface area contributed by atoms with Gasteiger partial charge < -0.3 is 15.2 Å². The van der Waals surface area contributed by atoms with Crippen LogP contribution in [0, 0.1) is 5.92 Å². The highest BCUT2D eigenvalue weighted by molar-refractivity contribution is 5.86. The number of hydrogen-bond donors (Lipinski definition) is 2. The fraction of sp³-hybridized carbons (Fsp3) is 0.227. The van der Waals surface area contributed by atoms with E-state index in [1.165, 1.54) is 0 Å². The fourth-order valence-electron chi connectivity index (χ4n) is 3.53. The summed E-state index contributed by atoms with van der Waals surface area (Å²) in [6, 6.07) is 15.9. The normalized spacial score (nSPS) is 18.8. The third-order valence-electron chi connectivity index (χ3n) is 4.99. The minimum absolute atomic E-state index is 0.140. The second-order valence-corrected chi connectivity index (χ2v) is 7.01. The summed E-state index contributed by atoms with van der Waals surface area (Å²) < 4.78 is 5.78. The molecule has 0 bridgehead atoms. The molecule has 1 aromatic heterocycles. The van der Waals surface area contributed by atoms with E-state index in [0.717, 1.165) is 21.9 Å². The first kappa shape index (κ1) is 18.0. The van der Waals surface area contributed by atoms with Gasteiger partial charge in [-0.1, -0.05) is 24.3 Å². The van der Waals surface area contributed by atoms with Crippen LogP contribution in [0.1, 0.15) is 12.8 Å². The number of carboxylic acids is 1. The summed E-state index contributed by atoms with van der Waals surface area (Å²) >= 11 is 0. The lowest BCUT2D eigenvalue weighted by Crippen LogP contribution is -2.31. The lowest BCUT2D eigenvalue weighted by molar-refractivity contribution is -0.140. The van der Waals surface area contributed by atoms with Crippen LogP contribution in [0.15, 0.2) is 60.9 Å². The SMILES string of the molecule is O=C(O)C[C@@H]1C[C@@H](COc2ccc(-c3ccc4cnccc4c3)cc2)NC1=O. The van der Waals surface area contributed by atoms with E-state index in [2.05, 4.69) is 28.5 Å². The van der Waals surface area contributed by atoms with Gasteiger partial charge in [0.25, 0.3) is 0 Å². The Bertz CT molecular complexity index is 1020. The smallest absolute Gasteiger partial charge is 0.304 e. The van der Waals surface area contributed by atoms with Crippen molar-refractivity contribution < 1.29 is 19.4 Å². The lowest BCUT2D eigenvalue weighted by Gasteiger charge is -2.12. The van der Waals surface area contributed by atoms with E-state index in [1.54, 1.807) is 6.20 Å². The Morgan fingerprint density at radius 1 is 1.11 bits per heavy atom. The molecule has 4 rings (SSSR count). The molecule has 0 unspecified atom stereocenters. The number of aromatic nitrogens is 1. The summed E-state index contributed by atoms with van der Waals surface area (Å²) in [5.41, 5.74) is 2.20. The van der Waals surface area contributed by atoms with Crippen LogP contribution in [0.25, 0.3) is 21.9 Å². The number of carbonyl (C=O) groups is 2. The number of rotatable bonds is 6. The van der Waals surface area contributed by atoms with Crippen LogP contribution in [0.2, 0.25) is 0 Å². The Balaban J connectivity index is 1.38. The molecule has 1 fully saturated rings. The van der Waals surface area contributed by atoms with E-state index in [4.69, 9.17) is 9.84 Å². The van der Waals surface area contributed by atoms with E-state index >= 15 is 0 Å². The van der Waals surface area contributed by atoms with Crippen LogP contribution >= 0.6 is 0 Å². The molecule has 0 spiro atoms. The molecular formula is C22H20N2O4. The molecule has 0 radical (unpaired) electrons. The maximum absolute atomic E-state index is 11.8. The van der Waals surface area contributed by atoms with Crippen molar-refractivity contribution in [1.29, 1.82) is 0 Å². The van der Waals surface area contributed by atoms with Crippen LogP contribution in [0.4, 0.5) is 0 Å². The van der Waals surface area contributed by atoms with Crippen molar-refractivity contribution in [2.45, 2.75) is 18.9 Å². The molecule has 142 valence electrons. The lowest BCUT2D eigenvalue weighted by atomic mass is 10.0. The van der Waals surface area contributed by atoms with Gasteiger partial charge in [0, 0.05) is 17.8 Å². The molecule has 1 amide bonds. The van der Waals surface area contributed by atoms with E-state index in [0.29, 0.717) is 18.8 Å². The Labute approximate surface area is 162 Å². The van der Waals surface area contributed by atoms with Crippen molar-refractivity contribution >= 4 is 22.6 Å². The molecule has 1 saturated heterocycles. The average molecular weight is 376 g/mol. The summed E-state index contributed by atoms with van der Waals surface area (Å²) in [5, 5.41) is 13.9. The van der Waals surface area contributed by atoms with Gasteiger partial charge in [-0.05, 0) is 47.2 Å².